The fraction of sp³-hybridized carbons (Fsp3) is 0.0588. The van der Waals surface area contributed by atoms with E-state index in [9.17, 15) is 4.79 Å². The molecule has 2 aromatic carbocycles. The van der Waals surface area contributed by atoms with Crippen LogP contribution in [0.15, 0.2) is 55.0 Å². The fourth-order valence-electron chi connectivity index (χ4n) is 2.72. The lowest BCUT2D eigenvalue weighted by Crippen LogP contribution is -2.19. The molecule has 4 aromatic rings. The van der Waals surface area contributed by atoms with Crippen LogP contribution in [0.4, 0.5) is 16.2 Å². The van der Waals surface area contributed by atoms with Gasteiger partial charge >= 0.3 is 6.03 Å². The van der Waals surface area contributed by atoms with E-state index in [1.165, 1.54) is 0 Å². The Bertz CT molecular complexity index is 1010. The average molecular weight is 305 g/mol. The molecule has 6 nitrogen and oxygen atoms in total. The Morgan fingerprint density at radius 3 is 2.78 bits per heavy atom. The van der Waals surface area contributed by atoms with Crippen molar-refractivity contribution in [1.82, 2.24) is 14.5 Å². The van der Waals surface area contributed by atoms with Gasteiger partial charge in [-0.1, -0.05) is 18.2 Å². The highest BCUT2D eigenvalue weighted by molar-refractivity contribution is 6.07. The van der Waals surface area contributed by atoms with Crippen molar-refractivity contribution in [3.63, 3.8) is 0 Å². The number of nitrogens with one attached hydrogen (secondary N) is 3. The maximum absolute atomic E-state index is 12.3. The number of carbonyl (C=O) groups excluding carboxylic acids is 1. The molecule has 23 heavy (non-hydrogen) atoms. The predicted octanol–water partition coefficient (Wildman–Crippen LogP) is 3.70. The molecule has 0 bridgehead atoms. The highest BCUT2D eigenvalue weighted by Crippen LogP contribution is 2.23. The SMILES string of the molecule is Cn1cnc2c(NC(=O)Nc3cccc4cc[nH]c34)cccc21. The number of hydrogen-bond acceptors (Lipinski definition) is 2. The van der Waals surface area contributed by atoms with Crippen LogP contribution >= 0.6 is 0 Å². The summed E-state index contributed by atoms with van der Waals surface area (Å²) >= 11 is 0. The lowest BCUT2D eigenvalue weighted by molar-refractivity contribution is 0.262. The molecule has 4 rings (SSSR count). The third-order valence-electron chi connectivity index (χ3n) is 3.84. The van der Waals surface area contributed by atoms with E-state index < -0.39 is 0 Å². The number of hydrogen-bond donors (Lipinski definition) is 3. The summed E-state index contributed by atoms with van der Waals surface area (Å²) in [6.45, 7) is 0. The summed E-state index contributed by atoms with van der Waals surface area (Å²) < 4.78 is 1.91. The molecule has 0 atom stereocenters. The van der Waals surface area contributed by atoms with E-state index in [2.05, 4.69) is 20.6 Å². The van der Waals surface area contributed by atoms with Crippen molar-refractivity contribution in [2.75, 3.05) is 10.6 Å². The molecule has 0 aliphatic carbocycles. The van der Waals surface area contributed by atoms with Crippen molar-refractivity contribution in [2.24, 2.45) is 7.05 Å². The monoisotopic (exact) mass is 305 g/mol. The normalized spacial score (nSPS) is 11.0. The van der Waals surface area contributed by atoms with Gasteiger partial charge in [0.2, 0.25) is 0 Å². The number of carbonyl (C=O) groups is 1. The minimum Gasteiger partial charge on any atom is -0.359 e. The number of nitrogens with zero attached hydrogens (tertiary/aromatic N) is 2. The van der Waals surface area contributed by atoms with E-state index >= 15 is 0 Å². The topological polar surface area (TPSA) is 74.7 Å². The Kier molecular flexibility index (Phi) is 3.01. The highest BCUT2D eigenvalue weighted by atomic mass is 16.2. The van der Waals surface area contributed by atoms with Crippen LogP contribution in [-0.4, -0.2) is 20.6 Å². The van der Waals surface area contributed by atoms with Gasteiger partial charge < -0.3 is 20.2 Å². The quantitative estimate of drug-likeness (QED) is 0.528. The molecule has 0 spiro atoms. The third-order valence-corrected chi connectivity index (χ3v) is 3.84. The van der Waals surface area contributed by atoms with Gasteiger partial charge in [-0.3, -0.25) is 0 Å². The first-order chi connectivity index (χ1) is 11.2. The number of rotatable bonds is 2. The Balaban J connectivity index is 1.61. The first-order valence-corrected chi connectivity index (χ1v) is 7.26. The van der Waals surface area contributed by atoms with Crippen LogP contribution in [0.1, 0.15) is 0 Å². The lowest BCUT2D eigenvalue weighted by Gasteiger charge is -2.09. The van der Waals surface area contributed by atoms with Crippen LogP contribution in [0.25, 0.3) is 21.9 Å². The van der Waals surface area contributed by atoms with Gasteiger partial charge in [0.1, 0.15) is 5.52 Å². The first kappa shape index (κ1) is 13.4. The summed E-state index contributed by atoms with van der Waals surface area (Å²) in [6.07, 6.45) is 3.58. The standard InChI is InChI=1S/C17H15N5O/c1-22-10-19-16-13(6-3-7-14(16)22)21-17(23)20-12-5-2-4-11-8-9-18-15(11)12/h2-10,18H,1H3,(H2,20,21,23). The molecule has 0 unspecified atom stereocenters. The number of urea groups is 1. The van der Waals surface area contributed by atoms with E-state index in [0.717, 1.165) is 27.6 Å². The molecule has 0 saturated carbocycles. The molecule has 0 saturated heterocycles. The largest absolute Gasteiger partial charge is 0.359 e. The lowest BCUT2D eigenvalue weighted by atomic mass is 10.2. The van der Waals surface area contributed by atoms with E-state index in [4.69, 9.17) is 0 Å². The number of benzene rings is 2. The molecule has 2 amide bonds. The maximum atomic E-state index is 12.3. The molecule has 6 heteroatoms. The molecule has 0 aliphatic heterocycles. The zero-order valence-corrected chi connectivity index (χ0v) is 12.5. The molecule has 0 radical (unpaired) electrons. The summed E-state index contributed by atoms with van der Waals surface area (Å²) in [6, 6.07) is 13.1. The first-order valence-electron chi connectivity index (χ1n) is 7.26. The van der Waals surface area contributed by atoms with Gasteiger partial charge in [0.25, 0.3) is 0 Å². The average Bonchev–Trinajstić information content (AvgIpc) is 3.16. The molecule has 0 aliphatic rings. The van der Waals surface area contributed by atoms with Gasteiger partial charge in [-0.25, -0.2) is 9.78 Å². The minimum absolute atomic E-state index is 0.301. The number of fused-ring (bicyclic) bond motifs is 2. The van der Waals surface area contributed by atoms with Crippen LogP contribution in [0, 0.1) is 0 Å². The molecule has 2 heterocycles. The number of aromatic nitrogens is 3. The minimum atomic E-state index is -0.301. The van der Waals surface area contributed by atoms with Crippen molar-refractivity contribution < 1.29 is 4.79 Å². The van der Waals surface area contributed by atoms with Crippen molar-refractivity contribution in [3.8, 4) is 0 Å². The Morgan fingerprint density at radius 2 is 1.87 bits per heavy atom. The second-order valence-electron chi connectivity index (χ2n) is 5.36. The maximum Gasteiger partial charge on any atom is 0.323 e. The molecule has 2 aromatic heterocycles. The summed E-state index contributed by atoms with van der Waals surface area (Å²) in [5.74, 6) is 0. The van der Waals surface area contributed by atoms with Crippen LogP contribution in [0.3, 0.4) is 0 Å². The number of anilines is 2. The number of aryl methyl sites for hydroxylation is 1. The Labute approximate surface area is 132 Å². The molecular weight excluding hydrogens is 290 g/mol. The molecule has 114 valence electrons. The fourth-order valence-corrected chi connectivity index (χ4v) is 2.72. The summed E-state index contributed by atoms with van der Waals surface area (Å²) in [7, 11) is 1.92. The zero-order valence-electron chi connectivity index (χ0n) is 12.5. The van der Waals surface area contributed by atoms with Gasteiger partial charge in [0, 0.05) is 18.6 Å². The van der Waals surface area contributed by atoms with Gasteiger partial charge in [-0.2, -0.15) is 0 Å². The van der Waals surface area contributed by atoms with E-state index in [1.54, 1.807) is 6.33 Å². The van der Waals surface area contributed by atoms with Crippen molar-refractivity contribution in [3.05, 3.63) is 55.0 Å². The Hall–Kier alpha value is -3.28. The van der Waals surface area contributed by atoms with Gasteiger partial charge in [0.15, 0.2) is 0 Å². The van der Waals surface area contributed by atoms with Gasteiger partial charge in [0.05, 0.1) is 28.7 Å². The molecule has 3 N–H and O–H groups in total. The highest BCUT2D eigenvalue weighted by Gasteiger charge is 2.10. The van der Waals surface area contributed by atoms with Gasteiger partial charge in [-0.05, 0) is 24.3 Å². The van der Waals surface area contributed by atoms with Crippen LogP contribution in [-0.2, 0) is 7.05 Å². The summed E-state index contributed by atoms with van der Waals surface area (Å²) in [5, 5.41) is 6.79. The van der Waals surface area contributed by atoms with E-state index in [1.807, 2.05) is 60.3 Å². The number of aromatic amines is 1. The second-order valence-corrected chi connectivity index (χ2v) is 5.36. The van der Waals surface area contributed by atoms with E-state index in [-0.39, 0.29) is 6.03 Å². The van der Waals surface area contributed by atoms with E-state index in [0.29, 0.717) is 5.69 Å². The van der Waals surface area contributed by atoms with Crippen molar-refractivity contribution >= 4 is 39.3 Å². The molecular formula is C17H15N5O. The van der Waals surface area contributed by atoms with Crippen molar-refractivity contribution in [1.29, 1.82) is 0 Å². The Morgan fingerprint density at radius 1 is 1.09 bits per heavy atom. The zero-order chi connectivity index (χ0) is 15.8. The van der Waals surface area contributed by atoms with Crippen LogP contribution in [0.2, 0.25) is 0 Å². The third kappa shape index (κ3) is 2.30. The second kappa shape index (κ2) is 5.17. The summed E-state index contributed by atoms with van der Waals surface area (Å²) in [5.41, 5.74) is 4.05. The summed E-state index contributed by atoms with van der Waals surface area (Å²) in [4.78, 5) is 19.8. The van der Waals surface area contributed by atoms with Crippen LogP contribution < -0.4 is 10.6 Å². The number of para-hydroxylation sites is 2. The number of imidazole rings is 1. The smallest absolute Gasteiger partial charge is 0.323 e. The van der Waals surface area contributed by atoms with Gasteiger partial charge in [-0.15, -0.1) is 0 Å². The number of H-pyrrole nitrogens is 1. The molecule has 0 fully saturated rings. The predicted molar refractivity (Wildman–Crippen MR) is 91.7 cm³/mol. The van der Waals surface area contributed by atoms with Crippen LogP contribution in [0.5, 0.6) is 0 Å². The van der Waals surface area contributed by atoms with Crippen molar-refractivity contribution in [2.45, 2.75) is 0 Å². The number of amides is 2.